The molecule has 3 nitrogen and oxygen atoms in total. The molecule has 0 fully saturated rings. The molecule has 0 saturated carbocycles. The Morgan fingerprint density at radius 2 is 2.14 bits per heavy atom. The number of carboxylic acid groups (broad SMARTS) is 1. The zero-order valence-corrected chi connectivity index (χ0v) is 9.59. The summed E-state index contributed by atoms with van der Waals surface area (Å²) in [5.74, 6) is -0.618. The van der Waals surface area contributed by atoms with Crippen molar-refractivity contribution in [3.63, 3.8) is 0 Å². The molecule has 0 bridgehead atoms. The molecule has 2 rings (SSSR count). The van der Waals surface area contributed by atoms with Crippen LogP contribution in [-0.2, 0) is 10.5 Å². The maximum absolute atomic E-state index is 10.5. The van der Waals surface area contributed by atoms with Gasteiger partial charge in [0, 0.05) is 16.5 Å². The molecule has 0 aliphatic heterocycles. The molecule has 0 saturated heterocycles. The van der Waals surface area contributed by atoms with E-state index >= 15 is 0 Å². The Morgan fingerprint density at radius 1 is 1.43 bits per heavy atom. The fraction of sp³-hybridized carbons (Fsp3) is 0.111. The number of carbonyl (C=O) groups is 1. The first-order valence-electron chi connectivity index (χ1n) is 3.82. The highest BCUT2D eigenvalue weighted by atomic mass is 79.9. The van der Waals surface area contributed by atoms with E-state index < -0.39 is 5.97 Å². The molecule has 0 aliphatic rings. The number of benzene rings is 1. The maximum Gasteiger partial charge on any atom is 0.358 e. The smallest absolute Gasteiger partial charge is 0.358 e. The first-order valence-corrected chi connectivity index (χ1v) is 5.28. The number of hydrogen-bond acceptors (Lipinski definition) is 2. The van der Waals surface area contributed by atoms with Crippen LogP contribution in [0.3, 0.4) is 0 Å². The van der Waals surface area contributed by atoms with Gasteiger partial charge in [-0.3, -0.25) is 0 Å². The maximum atomic E-state index is 10.5. The van der Waals surface area contributed by atoms with E-state index in [2.05, 4.69) is 4.98 Å². The quantitative estimate of drug-likeness (QED) is 0.720. The van der Waals surface area contributed by atoms with Gasteiger partial charge in [0.05, 0.1) is 0 Å². The van der Waals surface area contributed by atoms with Gasteiger partial charge in [-0.1, -0.05) is 12.1 Å². The van der Waals surface area contributed by atoms with Gasteiger partial charge in [0.1, 0.15) is 5.52 Å². The largest absolute Gasteiger partial charge is 1.00 e. The van der Waals surface area contributed by atoms with Crippen molar-refractivity contribution in [2.75, 3.05) is 0 Å². The second-order valence-electron chi connectivity index (χ2n) is 2.67. The molecule has 1 N–H and O–H groups in total. The zero-order chi connectivity index (χ0) is 9.26. The molecule has 0 aliphatic carbocycles. The van der Waals surface area contributed by atoms with Crippen LogP contribution in [0.2, 0.25) is 0 Å². The summed E-state index contributed by atoms with van der Waals surface area (Å²) in [4.78, 5) is 14.7. The molecule has 0 radical (unpaired) electrons. The zero-order valence-electron chi connectivity index (χ0n) is 7.18. The lowest BCUT2D eigenvalue weighted by Crippen LogP contribution is -3.00. The van der Waals surface area contributed by atoms with Crippen LogP contribution < -0.4 is 17.0 Å². The van der Waals surface area contributed by atoms with Crippen molar-refractivity contribution in [3.8, 4) is 0 Å². The number of aliphatic carboxylic acids is 1. The average molecular weight is 274 g/mol. The van der Waals surface area contributed by atoms with E-state index in [0.29, 0.717) is 0 Å². The molecule has 1 unspecified atom stereocenters. The van der Waals surface area contributed by atoms with E-state index in [-0.39, 0.29) is 33.2 Å². The lowest BCUT2D eigenvalue weighted by molar-refractivity contribution is -0.135. The van der Waals surface area contributed by atoms with E-state index in [1.54, 1.807) is 5.51 Å². The van der Waals surface area contributed by atoms with E-state index in [1.807, 2.05) is 24.3 Å². The highest BCUT2D eigenvalue weighted by Gasteiger charge is 2.16. The Labute approximate surface area is 94.1 Å². The molecule has 0 amide bonds. The van der Waals surface area contributed by atoms with E-state index in [4.69, 9.17) is 5.11 Å². The van der Waals surface area contributed by atoms with Crippen molar-refractivity contribution in [2.45, 2.75) is 5.75 Å². The molecule has 2 aromatic rings. The Morgan fingerprint density at radius 3 is 2.86 bits per heavy atom. The Bertz CT molecular complexity index is 455. The monoisotopic (exact) mass is 273 g/mol. The summed E-state index contributed by atoms with van der Waals surface area (Å²) >= 11 is 0. The summed E-state index contributed by atoms with van der Waals surface area (Å²) in [5, 5.41) is 8.64. The molecule has 14 heavy (non-hydrogen) atoms. The lowest BCUT2D eigenvalue weighted by Gasteiger charge is -1.84. The molecule has 5 heteroatoms. The molecular formula is C9H8BrNO2S. The third kappa shape index (κ3) is 2.10. The third-order valence-electron chi connectivity index (χ3n) is 1.75. The molecule has 0 spiro atoms. The number of thiazole rings is 1. The second-order valence-corrected chi connectivity index (χ2v) is 4.47. The Kier molecular flexibility index (Phi) is 3.60. The van der Waals surface area contributed by atoms with Crippen molar-refractivity contribution in [1.82, 2.24) is 4.98 Å². The Hall–Kier alpha value is -0.940. The lowest BCUT2D eigenvalue weighted by atomic mass is 10.3. The van der Waals surface area contributed by atoms with Crippen molar-refractivity contribution in [3.05, 3.63) is 29.8 Å². The van der Waals surface area contributed by atoms with Gasteiger partial charge in [-0.05, 0) is 6.07 Å². The van der Waals surface area contributed by atoms with Crippen molar-refractivity contribution >= 4 is 26.7 Å². The van der Waals surface area contributed by atoms with Gasteiger partial charge >= 0.3 is 5.97 Å². The standard InChI is InChI=1S/C9H7NO2S.BrH/c11-9(12)5-13-6-10-7-3-1-2-4-8(7)13;/h1-4,6H,5H2;1H. The normalized spacial score (nSPS) is 11.0. The molecule has 74 valence electrons. The minimum absolute atomic E-state index is 0. The fourth-order valence-corrected chi connectivity index (χ4v) is 2.70. The highest BCUT2D eigenvalue weighted by molar-refractivity contribution is 7.36. The van der Waals surface area contributed by atoms with Gasteiger partial charge in [-0.25, -0.2) is 4.79 Å². The summed E-state index contributed by atoms with van der Waals surface area (Å²) < 4.78 is 1.05. The van der Waals surface area contributed by atoms with Crippen LogP contribution in [0.25, 0.3) is 10.2 Å². The van der Waals surface area contributed by atoms with Gasteiger partial charge in [0.2, 0.25) is 16.0 Å². The summed E-state index contributed by atoms with van der Waals surface area (Å²) in [5.41, 5.74) is 2.64. The summed E-state index contributed by atoms with van der Waals surface area (Å²) in [6.07, 6.45) is 0. The number of rotatable bonds is 2. The highest BCUT2D eigenvalue weighted by Crippen LogP contribution is 2.29. The third-order valence-corrected chi connectivity index (χ3v) is 3.57. The number of halogens is 1. The van der Waals surface area contributed by atoms with Gasteiger partial charge < -0.3 is 22.1 Å². The van der Waals surface area contributed by atoms with Gasteiger partial charge in [-0.2, -0.15) is 4.98 Å². The van der Waals surface area contributed by atoms with Crippen molar-refractivity contribution in [2.24, 2.45) is 0 Å². The first kappa shape index (κ1) is 11.1. The fourth-order valence-electron chi connectivity index (χ4n) is 1.21. The average Bonchev–Trinajstić information content (AvgIpc) is 2.48. The molecule has 1 aromatic heterocycles. The predicted molar refractivity (Wildman–Crippen MR) is 51.9 cm³/mol. The first-order chi connectivity index (χ1) is 6.27. The van der Waals surface area contributed by atoms with Gasteiger partial charge in [-0.15, -0.1) is 0 Å². The van der Waals surface area contributed by atoms with Crippen LogP contribution in [0.1, 0.15) is 0 Å². The van der Waals surface area contributed by atoms with Gasteiger partial charge in [0.25, 0.3) is 0 Å². The van der Waals surface area contributed by atoms with Crippen LogP contribution in [0.5, 0.6) is 0 Å². The van der Waals surface area contributed by atoms with Gasteiger partial charge in [0.15, 0.2) is 0 Å². The van der Waals surface area contributed by atoms with Crippen LogP contribution in [0.15, 0.2) is 29.8 Å². The van der Waals surface area contributed by atoms with Crippen LogP contribution >= 0.6 is 10.5 Å². The minimum Gasteiger partial charge on any atom is -1.00 e. The molecule has 1 atom stereocenters. The number of fused-ring (bicyclic) bond motifs is 1. The van der Waals surface area contributed by atoms with Crippen molar-refractivity contribution < 1.29 is 26.9 Å². The molecular weight excluding hydrogens is 266 g/mol. The van der Waals surface area contributed by atoms with Crippen LogP contribution in [-0.4, -0.2) is 16.1 Å². The summed E-state index contributed by atoms with van der Waals surface area (Å²) in [7, 11) is -0.324. The number of para-hydroxylation sites is 1. The topological polar surface area (TPSA) is 50.2 Å². The number of carboxylic acids is 1. The summed E-state index contributed by atoms with van der Waals surface area (Å²) in [6.45, 7) is 0. The SMILES string of the molecule is O=C(O)C[s+]1cnc2ccccc21.[Br-]. The van der Waals surface area contributed by atoms with E-state index in [9.17, 15) is 4.79 Å². The molecule has 1 aromatic carbocycles. The second kappa shape index (κ2) is 4.52. The Balaban J connectivity index is 0.000000980. The predicted octanol–water partition coefficient (Wildman–Crippen LogP) is -0.927. The van der Waals surface area contributed by atoms with Crippen molar-refractivity contribution in [1.29, 1.82) is 0 Å². The van der Waals surface area contributed by atoms with E-state index in [1.165, 1.54) is 0 Å². The number of aromatic nitrogens is 1. The van der Waals surface area contributed by atoms with E-state index in [0.717, 1.165) is 10.2 Å². The molecule has 1 heterocycles. The van der Waals surface area contributed by atoms with Crippen LogP contribution in [0, 0.1) is 0 Å². The number of hydrogen-bond donors (Lipinski definition) is 1. The summed E-state index contributed by atoms with van der Waals surface area (Å²) in [6, 6.07) is 7.66. The minimum atomic E-state index is -0.772. The van der Waals surface area contributed by atoms with Crippen LogP contribution in [0.4, 0.5) is 0 Å². The number of nitrogens with zero attached hydrogens (tertiary/aromatic N) is 1.